The van der Waals surface area contributed by atoms with E-state index >= 15 is 0 Å². The zero-order chi connectivity index (χ0) is 13.9. The van der Waals surface area contributed by atoms with E-state index in [4.69, 9.17) is 11.6 Å². The van der Waals surface area contributed by atoms with Gasteiger partial charge in [0.05, 0.1) is 10.6 Å². The monoisotopic (exact) mass is 280 g/mol. The van der Waals surface area contributed by atoms with Gasteiger partial charge in [0.1, 0.15) is 5.82 Å². The number of hydrogen-bond donors (Lipinski definition) is 1. The van der Waals surface area contributed by atoms with Crippen molar-refractivity contribution >= 4 is 17.4 Å². The summed E-state index contributed by atoms with van der Waals surface area (Å²) in [6.45, 7) is 6.05. The van der Waals surface area contributed by atoms with E-state index in [-0.39, 0.29) is 11.1 Å². The Morgan fingerprint density at radius 2 is 2.00 bits per heavy atom. The Morgan fingerprint density at radius 1 is 1.39 bits per heavy atom. The van der Waals surface area contributed by atoms with Crippen LogP contribution in [0.5, 0.6) is 0 Å². The SMILES string of the molecule is CCC(Nc1ncc(C(F)(F)F)cc1Cl)C(C)C. The lowest BCUT2D eigenvalue weighted by atomic mass is 10.0. The second-order valence-corrected chi connectivity index (χ2v) is 4.86. The van der Waals surface area contributed by atoms with Gasteiger partial charge in [-0.3, -0.25) is 0 Å². The minimum absolute atomic E-state index is 0.0103. The van der Waals surface area contributed by atoms with Gasteiger partial charge >= 0.3 is 6.18 Å². The van der Waals surface area contributed by atoms with Crippen molar-refractivity contribution < 1.29 is 13.2 Å². The molecule has 0 aliphatic rings. The van der Waals surface area contributed by atoms with Gasteiger partial charge in [-0.2, -0.15) is 13.2 Å². The molecule has 0 radical (unpaired) electrons. The van der Waals surface area contributed by atoms with E-state index in [0.29, 0.717) is 11.7 Å². The molecule has 1 rings (SSSR count). The van der Waals surface area contributed by atoms with Crippen LogP contribution in [0.4, 0.5) is 19.0 Å². The highest BCUT2D eigenvalue weighted by atomic mass is 35.5. The van der Waals surface area contributed by atoms with Crippen molar-refractivity contribution in [1.29, 1.82) is 0 Å². The van der Waals surface area contributed by atoms with Crippen LogP contribution in [0.3, 0.4) is 0 Å². The first kappa shape index (κ1) is 15.1. The molecular weight excluding hydrogens is 265 g/mol. The van der Waals surface area contributed by atoms with Gasteiger partial charge in [-0.15, -0.1) is 0 Å². The van der Waals surface area contributed by atoms with Gasteiger partial charge in [0.2, 0.25) is 0 Å². The van der Waals surface area contributed by atoms with Gasteiger partial charge in [-0.05, 0) is 18.4 Å². The lowest BCUT2D eigenvalue weighted by Gasteiger charge is -2.22. The summed E-state index contributed by atoms with van der Waals surface area (Å²) in [5, 5.41) is 3.05. The normalized spacial score (nSPS) is 13.8. The number of nitrogens with zero attached hydrogens (tertiary/aromatic N) is 1. The van der Waals surface area contributed by atoms with Crippen LogP contribution in [0, 0.1) is 5.92 Å². The van der Waals surface area contributed by atoms with Crippen LogP contribution >= 0.6 is 11.6 Å². The first-order chi connectivity index (χ1) is 8.25. The minimum Gasteiger partial charge on any atom is -0.366 e. The third kappa shape index (κ3) is 3.77. The standard InChI is InChI=1S/C12H16ClF3N2/c1-4-10(7(2)3)18-11-9(13)5-8(6-17-11)12(14,15)16/h5-7,10H,4H2,1-3H3,(H,17,18). The van der Waals surface area contributed by atoms with E-state index < -0.39 is 11.7 Å². The van der Waals surface area contributed by atoms with Gasteiger partial charge in [-0.25, -0.2) is 4.98 Å². The molecule has 1 heterocycles. The fourth-order valence-corrected chi connectivity index (χ4v) is 1.84. The van der Waals surface area contributed by atoms with E-state index in [1.54, 1.807) is 0 Å². The molecule has 0 spiro atoms. The molecule has 1 unspecified atom stereocenters. The van der Waals surface area contributed by atoms with Gasteiger partial charge in [0.15, 0.2) is 0 Å². The van der Waals surface area contributed by atoms with Crippen LogP contribution in [-0.4, -0.2) is 11.0 Å². The van der Waals surface area contributed by atoms with Crippen molar-refractivity contribution in [1.82, 2.24) is 4.98 Å². The minimum atomic E-state index is -4.42. The van der Waals surface area contributed by atoms with Crippen molar-refractivity contribution in [3.63, 3.8) is 0 Å². The van der Waals surface area contributed by atoms with E-state index in [9.17, 15) is 13.2 Å². The van der Waals surface area contributed by atoms with Gasteiger partial charge in [-0.1, -0.05) is 32.4 Å². The Kier molecular flexibility index (Phi) is 4.85. The Labute approximate surface area is 110 Å². The summed E-state index contributed by atoms with van der Waals surface area (Å²) >= 11 is 5.82. The van der Waals surface area contributed by atoms with Crippen LogP contribution in [0.25, 0.3) is 0 Å². The van der Waals surface area contributed by atoms with Crippen molar-refractivity contribution in [2.45, 2.75) is 39.4 Å². The zero-order valence-electron chi connectivity index (χ0n) is 10.5. The first-order valence-corrected chi connectivity index (χ1v) is 6.12. The van der Waals surface area contributed by atoms with Crippen LogP contribution < -0.4 is 5.32 Å². The van der Waals surface area contributed by atoms with Gasteiger partial charge in [0, 0.05) is 12.2 Å². The predicted octanol–water partition coefficient (Wildman–Crippen LogP) is 4.60. The maximum Gasteiger partial charge on any atom is 0.417 e. The summed E-state index contributed by atoms with van der Waals surface area (Å²) < 4.78 is 37.3. The summed E-state index contributed by atoms with van der Waals surface area (Å²) in [7, 11) is 0. The fraction of sp³-hybridized carbons (Fsp3) is 0.583. The number of nitrogens with one attached hydrogen (secondary N) is 1. The molecule has 1 atom stereocenters. The molecule has 18 heavy (non-hydrogen) atoms. The molecule has 6 heteroatoms. The van der Waals surface area contributed by atoms with Crippen molar-refractivity contribution in [2.24, 2.45) is 5.92 Å². The molecule has 2 nitrogen and oxygen atoms in total. The van der Waals surface area contributed by atoms with Crippen LogP contribution in [-0.2, 0) is 6.18 Å². The number of pyridine rings is 1. The summed E-state index contributed by atoms with van der Waals surface area (Å²) in [4.78, 5) is 3.75. The number of alkyl halides is 3. The Hall–Kier alpha value is -0.970. The number of rotatable bonds is 4. The third-order valence-electron chi connectivity index (χ3n) is 2.74. The molecular formula is C12H16ClF3N2. The van der Waals surface area contributed by atoms with E-state index in [0.717, 1.165) is 18.7 Å². The average Bonchev–Trinajstić information content (AvgIpc) is 2.25. The number of halogens is 4. The lowest BCUT2D eigenvalue weighted by Crippen LogP contribution is -2.25. The van der Waals surface area contributed by atoms with Crippen LogP contribution in [0.1, 0.15) is 32.8 Å². The first-order valence-electron chi connectivity index (χ1n) is 5.75. The molecule has 1 aromatic heterocycles. The van der Waals surface area contributed by atoms with Crippen LogP contribution in [0.15, 0.2) is 12.3 Å². The third-order valence-corrected chi connectivity index (χ3v) is 3.02. The van der Waals surface area contributed by atoms with E-state index in [1.807, 2.05) is 20.8 Å². The summed E-state index contributed by atoms with van der Waals surface area (Å²) in [6.07, 6.45) is -2.78. The molecule has 0 saturated carbocycles. The van der Waals surface area contributed by atoms with E-state index in [1.165, 1.54) is 0 Å². The predicted molar refractivity (Wildman–Crippen MR) is 66.8 cm³/mol. The maximum absolute atomic E-state index is 12.4. The smallest absolute Gasteiger partial charge is 0.366 e. The molecule has 0 aliphatic carbocycles. The highest BCUT2D eigenvalue weighted by Crippen LogP contribution is 2.32. The number of hydrogen-bond acceptors (Lipinski definition) is 2. The molecule has 1 N–H and O–H groups in total. The largest absolute Gasteiger partial charge is 0.417 e. The van der Waals surface area contributed by atoms with Gasteiger partial charge in [0.25, 0.3) is 0 Å². The highest BCUT2D eigenvalue weighted by molar-refractivity contribution is 6.33. The molecule has 0 bridgehead atoms. The Bertz CT molecular complexity index is 405. The summed E-state index contributed by atoms with van der Waals surface area (Å²) in [5.41, 5.74) is -0.837. The number of anilines is 1. The van der Waals surface area contributed by atoms with Crippen LogP contribution in [0.2, 0.25) is 5.02 Å². The second kappa shape index (κ2) is 5.78. The molecule has 0 aromatic carbocycles. The highest BCUT2D eigenvalue weighted by Gasteiger charge is 2.31. The topological polar surface area (TPSA) is 24.9 Å². The van der Waals surface area contributed by atoms with Gasteiger partial charge < -0.3 is 5.32 Å². The molecule has 0 amide bonds. The molecule has 0 saturated heterocycles. The summed E-state index contributed by atoms with van der Waals surface area (Å²) in [5.74, 6) is 0.639. The summed E-state index contributed by atoms with van der Waals surface area (Å²) in [6, 6.07) is 1.02. The quantitative estimate of drug-likeness (QED) is 0.872. The lowest BCUT2D eigenvalue weighted by molar-refractivity contribution is -0.137. The Morgan fingerprint density at radius 3 is 2.39 bits per heavy atom. The Balaban J connectivity index is 2.93. The van der Waals surface area contributed by atoms with Crippen molar-refractivity contribution in [3.8, 4) is 0 Å². The molecule has 102 valence electrons. The number of aromatic nitrogens is 1. The van der Waals surface area contributed by atoms with Crippen molar-refractivity contribution in [2.75, 3.05) is 5.32 Å². The van der Waals surface area contributed by atoms with Crippen molar-refractivity contribution in [3.05, 3.63) is 22.8 Å². The van der Waals surface area contributed by atoms with E-state index in [2.05, 4.69) is 10.3 Å². The zero-order valence-corrected chi connectivity index (χ0v) is 11.2. The molecule has 0 aliphatic heterocycles. The fourth-order valence-electron chi connectivity index (χ4n) is 1.61. The average molecular weight is 281 g/mol. The molecule has 1 aromatic rings. The second-order valence-electron chi connectivity index (χ2n) is 4.46. The molecule has 0 fully saturated rings. The maximum atomic E-state index is 12.4.